The first kappa shape index (κ1) is 20.8. The highest BCUT2D eigenvalue weighted by Gasteiger charge is 2.28. The molecule has 3 aromatic heterocycles. The third-order valence-electron chi connectivity index (χ3n) is 5.36. The second kappa shape index (κ2) is 8.80. The highest BCUT2D eigenvalue weighted by molar-refractivity contribution is 7.13. The van der Waals surface area contributed by atoms with E-state index in [0.717, 1.165) is 10.6 Å². The summed E-state index contributed by atoms with van der Waals surface area (Å²) in [5.41, 5.74) is 1.46. The van der Waals surface area contributed by atoms with Crippen molar-refractivity contribution >= 4 is 23.1 Å². The van der Waals surface area contributed by atoms with Gasteiger partial charge in [-0.1, -0.05) is 12.1 Å². The molecule has 33 heavy (non-hydrogen) atoms. The third kappa shape index (κ3) is 3.94. The fourth-order valence-corrected chi connectivity index (χ4v) is 4.52. The first-order chi connectivity index (χ1) is 16.2. The van der Waals surface area contributed by atoms with E-state index in [9.17, 15) is 10.1 Å². The molecule has 0 saturated carbocycles. The molecular formula is C23H19N5O4S. The van der Waals surface area contributed by atoms with Gasteiger partial charge >= 0.3 is 0 Å². The number of hydrogen-bond donors (Lipinski definition) is 0. The van der Waals surface area contributed by atoms with Crippen LogP contribution in [0.2, 0.25) is 0 Å². The van der Waals surface area contributed by atoms with Crippen LogP contribution in [0.25, 0.3) is 22.2 Å². The summed E-state index contributed by atoms with van der Waals surface area (Å²) >= 11 is 1.41. The number of methoxy groups -OCH3 is 1. The number of oxazole rings is 1. The molecule has 10 heteroatoms. The molecule has 0 atom stereocenters. The summed E-state index contributed by atoms with van der Waals surface area (Å²) < 4.78 is 16.5. The number of nitrogens with zero attached hydrogens (tertiary/aromatic N) is 5. The fourth-order valence-electron chi connectivity index (χ4n) is 3.70. The fraction of sp³-hybridized carbons (Fsp3) is 0.217. The minimum Gasteiger partial charge on any atom is -0.496 e. The Kier molecular flexibility index (Phi) is 5.54. The number of ether oxygens (including phenoxy) is 1. The molecular weight excluding hydrogens is 442 g/mol. The second-order valence-corrected chi connectivity index (χ2v) is 8.14. The zero-order valence-electron chi connectivity index (χ0n) is 17.7. The van der Waals surface area contributed by atoms with Crippen molar-refractivity contribution in [1.82, 2.24) is 14.9 Å². The van der Waals surface area contributed by atoms with Crippen LogP contribution >= 0.6 is 11.3 Å². The monoisotopic (exact) mass is 461 g/mol. The molecule has 5 rings (SSSR count). The highest BCUT2D eigenvalue weighted by atomic mass is 32.1. The van der Waals surface area contributed by atoms with Gasteiger partial charge < -0.3 is 23.4 Å². The van der Waals surface area contributed by atoms with Crippen LogP contribution in [0.4, 0.5) is 5.88 Å². The number of carbonyl (C=O) groups is 1. The van der Waals surface area contributed by atoms with Crippen LogP contribution in [0.15, 0.2) is 56.9 Å². The van der Waals surface area contributed by atoms with Crippen LogP contribution in [0.1, 0.15) is 16.2 Å². The lowest BCUT2D eigenvalue weighted by Crippen LogP contribution is -2.49. The number of nitriles is 1. The molecule has 166 valence electrons. The van der Waals surface area contributed by atoms with E-state index in [1.165, 1.54) is 17.6 Å². The number of rotatable bonds is 5. The van der Waals surface area contributed by atoms with Gasteiger partial charge in [0.05, 0.1) is 18.9 Å². The van der Waals surface area contributed by atoms with Crippen molar-refractivity contribution in [1.29, 1.82) is 5.26 Å². The number of hydrogen-bond acceptors (Lipinski definition) is 9. The zero-order chi connectivity index (χ0) is 22.8. The Morgan fingerprint density at radius 1 is 1.15 bits per heavy atom. The Morgan fingerprint density at radius 3 is 2.70 bits per heavy atom. The summed E-state index contributed by atoms with van der Waals surface area (Å²) in [6, 6.07) is 13.1. The van der Waals surface area contributed by atoms with Crippen LogP contribution < -0.4 is 9.64 Å². The number of piperazine rings is 1. The van der Waals surface area contributed by atoms with E-state index in [1.54, 1.807) is 29.5 Å². The Bertz CT molecular complexity index is 1310. The molecule has 0 radical (unpaired) electrons. The average Bonchev–Trinajstić information content (AvgIpc) is 3.64. The van der Waals surface area contributed by atoms with Crippen molar-refractivity contribution < 1.29 is 18.4 Å². The van der Waals surface area contributed by atoms with Gasteiger partial charge in [-0.05, 0) is 24.3 Å². The van der Waals surface area contributed by atoms with Crippen LogP contribution in [0.3, 0.4) is 0 Å². The smallest absolute Gasteiger partial charge is 0.273 e. The second-order valence-electron chi connectivity index (χ2n) is 7.28. The maximum atomic E-state index is 13.0. The van der Waals surface area contributed by atoms with Crippen LogP contribution in [0.5, 0.6) is 5.75 Å². The molecule has 1 aliphatic heterocycles. The average molecular weight is 462 g/mol. The zero-order valence-corrected chi connectivity index (χ0v) is 18.5. The summed E-state index contributed by atoms with van der Waals surface area (Å²) in [6.07, 6.45) is 1.52. The van der Waals surface area contributed by atoms with Gasteiger partial charge in [-0.2, -0.15) is 10.2 Å². The number of para-hydroxylation sites is 1. The maximum Gasteiger partial charge on any atom is 0.273 e. The normalized spacial score (nSPS) is 13.7. The molecule has 4 aromatic rings. The lowest BCUT2D eigenvalue weighted by Gasteiger charge is -2.34. The number of aromatic nitrogens is 2. The van der Waals surface area contributed by atoms with E-state index in [2.05, 4.69) is 16.0 Å². The largest absolute Gasteiger partial charge is 0.496 e. The molecule has 1 fully saturated rings. The first-order valence-electron chi connectivity index (χ1n) is 10.3. The van der Waals surface area contributed by atoms with Gasteiger partial charge in [-0.15, -0.1) is 11.3 Å². The van der Waals surface area contributed by atoms with Gasteiger partial charge in [0, 0.05) is 31.6 Å². The molecule has 1 saturated heterocycles. The standard InChI is InChI=1S/C23H19N5O4S/c1-30-18-6-3-2-5-15(18)21-26-17(14-33-21)22(29)27-8-10-28(11-9-27)23-16(13-24)25-20(32-23)19-7-4-12-31-19/h2-7,12,14H,8-11H2,1H3. The van der Waals surface area contributed by atoms with E-state index in [0.29, 0.717) is 49.3 Å². The molecule has 9 nitrogen and oxygen atoms in total. The van der Waals surface area contributed by atoms with E-state index in [-0.39, 0.29) is 17.5 Å². The summed E-state index contributed by atoms with van der Waals surface area (Å²) in [7, 11) is 1.61. The molecule has 1 amide bonds. The highest BCUT2D eigenvalue weighted by Crippen LogP contribution is 2.33. The molecule has 0 aliphatic carbocycles. The van der Waals surface area contributed by atoms with Gasteiger partial charge in [-0.3, -0.25) is 4.79 Å². The van der Waals surface area contributed by atoms with E-state index in [4.69, 9.17) is 13.6 Å². The summed E-state index contributed by atoms with van der Waals surface area (Å²) in [5.74, 6) is 1.70. The number of carbonyl (C=O) groups excluding carboxylic acids is 1. The minimum absolute atomic E-state index is 0.124. The van der Waals surface area contributed by atoms with Gasteiger partial charge in [-0.25, -0.2) is 4.98 Å². The van der Waals surface area contributed by atoms with Crippen LogP contribution in [0, 0.1) is 11.3 Å². The van der Waals surface area contributed by atoms with Crippen molar-refractivity contribution in [2.24, 2.45) is 0 Å². The summed E-state index contributed by atoms with van der Waals surface area (Å²) in [5, 5.41) is 12.0. The minimum atomic E-state index is -0.124. The molecule has 0 bridgehead atoms. The molecule has 1 aliphatic rings. The maximum absolute atomic E-state index is 13.0. The van der Waals surface area contributed by atoms with Gasteiger partial charge in [0.1, 0.15) is 22.5 Å². The topological polar surface area (TPSA) is 109 Å². The molecule has 0 spiro atoms. The molecule has 0 N–H and O–H groups in total. The van der Waals surface area contributed by atoms with Crippen molar-refractivity contribution in [3.05, 3.63) is 59.4 Å². The SMILES string of the molecule is COc1ccccc1-c1nc(C(=O)N2CCN(c3oc(-c4ccco4)nc3C#N)CC2)cs1. The summed E-state index contributed by atoms with van der Waals surface area (Å²) in [6.45, 7) is 1.97. The Hall–Kier alpha value is -4.10. The Balaban J connectivity index is 1.28. The first-order valence-corrected chi connectivity index (χ1v) is 11.1. The molecule has 1 aromatic carbocycles. The lowest BCUT2D eigenvalue weighted by molar-refractivity contribution is 0.0740. The predicted molar refractivity (Wildman–Crippen MR) is 121 cm³/mol. The molecule has 4 heterocycles. The Morgan fingerprint density at radius 2 is 1.97 bits per heavy atom. The Labute approximate surface area is 193 Å². The number of amides is 1. The van der Waals surface area contributed by atoms with Crippen LogP contribution in [-0.2, 0) is 0 Å². The van der Waals surface area contributed by atoms with Crippen LogP contribution in [-0.4, -0.2) is 54.1 Å². The lowest BCUT2D eigenvalue weighted by atomic mass is 10.2. The van der Waals surface area contributed by atoms with Gasteiger partial charge in [0.25, 0.3) is 11.8 Å². The summed E-state index contributed by atoms with van der Waals surface area (Å²) in [4.78, 5) is 25.5. The molecule has 0 unspecified atom stereocenters. The number of furan rings is 1. The quantitative estimate of drug-likeness (QED) is 0.440. The van der Waals surface area contributed by atoms with Crippen molar-refractivity contribution in [2.75, 3.05) is 38.2 Å². The van der Waals surface area contributed by atoms with E-state index >= 15 is 0 Å². The number of benzene rings is 1. The van der Waals surface area contributed by atoms with Crippen molar-refractivity contribution in [3.8, 4) is 34.0 Å². The number of thiazole rings is 1. The van der Waals surface area contributed by atoms with Crippen molar-refractivity contribution in [2.45, 2.75) is 0 Å². The van der Waals surface area contributed by atoms with Gasteiger partial charge in [0.2, 0.25) is 11.6 Å². The van der Waals surface area contributed by atoms with Gasteiger partial charge in [0.15, 0.2) is 5.76 Å². The van der Waals surface area contributed by atoms with E-state index in [1.807, 2.05) is 29.2 Å². The van der Waals surface area contributed by atoms with Crippen molar-refractivity contribution in [3.63, 3.8) is 0 Å². The van der Waals surface area contributed by atoms with E-state index < -0.39 is 0 Å². The third-order valence-corrected chi connectivity index (χ3v) is 6.24. The predicted octanol–water partition coefficient (Wildman–Crippen LogP) is 3.90. The number of anilines is 1.